The fraction of sp³-hybridized carbons (Fsp3) is 0.167. The molecule has 3 aliphatic rings. The summed E-state index contributed by atoms with van der Waals surface area (Å²) in [4.78, 5) is 1.15. The number of thioether (sulfide) groups is 1. The predicted molar refractivity (Wildman–Crippen MR) is 165 cm³/mol. The molecule has 202 valence electrons. The maximum absolute atomic E-state index is 7.35. The van der Waals surface area contributed by atoms with E-state index in [1.54, 1.807) is 26.0 Å². The number of fused-ring (bicyclic) bond motifs is 9. The number of methoxy groups -OCH3 is 2. The summed E-state index contributed by atoms with van der Waals surface area (Å²) in [7, 11) is 3.38. The lowest BCUT2D eigenvalue weighted by Gasteiger charge is -2.38. The first-order valence-electron chi connectivity index (χ1n) is 13.9. The van der Waals surface area contributed by atoms with Crippen molar-refractivity contribution < 1.29 is 18.9 Å². The fourth-order valence-corrected chi connectivity index (χ4v) is 7.34. The van der Waals surface area contributed by atoms with Gasteiger partial charge in [0.25, 0.3) is 0 Å². The summed E-state index contributed by atoms with van der Waals surface area (Å²) in [5, 5.41) is 2.30. The molecule has 41 heavy (non-hydrogen) atoms. The van der Waals surface area contributed by atoms with Crippen molar-refractivity contribution in [3.05, 3.63) is 119 Å². The molecule has 8 rings (SSSR count). The van der Waals surface area contributed by atoms with Gasteiger partial charge >= 0.3 is 0 Å². The monoisotopic (exact) mass is 556 g/mol. The topological polar surface area (TPSA) is 36.9 Å². The Balaban J connectivity index is 1.41. The zero-order valence-corrected chi connectivity index (χ0v) is 23.7. The van der Waals surface area contributed by atoms with E-state index in [2.05, 4.69) is 72.8 Å². The zero-order valence-electron chi connectivity index (χ0n) is 22.9. The number of hydrogen-bond acceptors (Lipinski definition) is 5. The van der Waals surface area contributed by atoms with Crippen LogP contribution in [0.1, 0.15) is 27.8 Å². The first kappa shape index (κ1) is 24.4. The molecule has 0 atom stereocenters. The minimum Gasteiger partial charge on any atom is -0.497 e. The third-order valence-electron chi connectivity index (χ3n) is 8.61. The minimum absolute atomic E-state index is 0.634. The van der Waals surface area contributed by atoms with Crippen LogP contribution < -0.4 is 18.9 Å². The van der Waals surface area contributed by atoms with Crippen molar-refractivity contribution in [1.82, 2.24) is 0 Å². The lowest BCUT2D eigenvalue weighted by molar-refractivity contribution is 0.163. The molecule has 0 unspecified atom stereocenters. The molecule has 1 aliphatic carbocycles. The summed E-state index contributed by atoms with van der Waals surface area (Å²) < 4.78 is 24.4. The van der Waals surface area contributed by atoms with Gasteiger partial charge < -0.3 is 18.9 Å². The second kappa shape index (κ2) is 9.35. The molecule has 0 radical (unpaired) electrons. The first-order valence-corrected chi connectivity index (χ1v) is 14.8. The average molecular weight is 557 g/mol. The summed E-state index contributed by atoms with van der Waals surface area (Å²) in [6.45, 7) is 0. The predicted octanol–water partition coefficient (Wildman–Crippen LogP) is 8.41. The molecule has 0 fully saturated rings. The molecule has 0 amide bonds. The van der Waals surface area contributed by atoms with Gasteiger partial charge in [0.2, 0.25) is 0 Å². The number of rotatable bonds is 4. The molecule has 5 heteroatoms. The molecule has 0 saturated heterocycles. The van der Waals surface area contributed by atoms with Crippen molar-refractivity contribution in [2.45, 2.75) is 23.3 Å². The number of ether oxygens (including phenoxy) is 4. The Kier molecular flexibility index (Phi) is 5.58. The van der Waals surface area contributed by atoms with Crippen molar-refractivity contribution in [1.29, 1.82) is 0 Å². The first-order chi connectivity index (χ1) is 20.2. The van der Waals surface area contributed by atoms with Crippen LogP contribution in [0.3, 0.4) is 0 Å². The van der Waals surface area contributed by atoms with E-state index in [-0.39, 0.29) is 0 Å². The molecule has 0 N–H and O–H groups in total. The summed E-state index contributed by atoms with van der Waals surface area (Å²) >= 11 is 1.73. The quantitative estimate of drug-likeness (QED) is 0.222. The standard InChI is InChI=1S/C36H28O4S/c1-37-25-12-8-23(9-13-25)36(24-10-14-26(38-2)15-11-24)18-17-29-28-16-7-22-5-3-4-6-27(22)34(28)30-19-32-33(41-21-39-32)20-31(30)35(29)40-36/h3-6,8-15,17-20H,7,16,21H2,1-2H3. The van der Waals surface area contributed by atoms with Crippen LogP contribution in [0.4, 0.5) is 0 Å². The molecule has 0 bridgehead atoms. The average Bonchev–Trinajstić information content (AvgIpc) is 3.51. The molecular formula is C36H28O4S. The van der Waals surface area contributed by atoms with Crippen molar-refractivity contribution in [3.63, 3.8) is 0 Å². The van der Waals surface area contributed by atoms with Crippen LogP contribution in [0.5, 0.6) is 23.0 Å². The van der Waals surface area contributed by atoms with Crippen LogP contribution in [0.25, 0.3) is 28.0 Å². The smallest absolute Gasteiger partial charge is 0.178 e. The van der Waals surface area contributed by atoms with E-state index in [9.17, 15) is 0 Å². The Bertz CT molecular complexity index is 1810. The van der Waals surface area contributed by atoms with Crippen molar-refractivity contribution in [2.24, 2.45) is 0 Å². The van der Waals surface area contributed by atoms with Gasteiger partial charge in [-0.15, -0.1) is 0 Å². The largest absolute Gasteiger partial charge is 0.497 e. The third kappa shape index (κ3) is 3.69. The Labute approximate surface area is 243 Å². The molecule has 0 aromatic heterocycles. The Morgan fingerprint density at radius 2 is 1.49 bits per heavy atom. The lowest BCUT2D eigenvalue weighted by Crippen LogP contribution is -2.34. The van der Waals surface area contributed by atoms with Gasteiger partial charge in [0.05, 0.1) is 19.1 Å². The van der Waals surface area contributed by atoms with Crippen LogP contribution in [-0.2, 0) is 18.4 Å². The SMILES string of the molecule is COc1ccc(C2(c3ccc(OC)cc3)C=Cc3c4c(c5cc6c(cc5c3O2)SCO6)-c2ccccc2CC4)cc1. The summed E-state index contributed by atoms with van der Waals surface area (Å²) in [5.74, 6) is 4.13. The number of hydrogen-bond donors (Lipinski definition) is 0. The summed E-state index contributed by atoms with van der Waals surface area (Å²) in [6.07, 6.45) is 6.48. The van der Waals surface area contributed by atoms with Crippen LogP contribution in [0.2, 0.25) is 0 Å². The molecule has 2 aliphatic heterocycles. The molecule has 5 aromatic rings. The maximum atomic E-state index is 7.35. The highest BCUT2D eigenvalue weighted by molar-refractivity contribution is 7.99. The van der Waals surface area contributed by atoms with Crippen LogP contribution in [0.15, 0.2) is 95.9 Å². The second-order valence-electron chi connectivity index (χ2n) is 10.6. The Morgan fingerprint density at radius 1 is 0.780 bits per heavy atom. The molecule has 0 spiro atoms. The van der Waals surface area contributed by atoms with Gasteiger partial charge in [-0.1, -0.05) is 66.4 Å². The number of aryl methyl sites for hydroxylation is 1. The molecular weight excluding hydrogens is 528 g/mol. The Hall–Kier alpha value is -4.35. The van der Waals surface area contributed by atoms with Gasteiger partial charge in [0.1, 0.15) is 28.9 Å². The van der Waals surface area contributed by atoms with Gasteiger partial charge in [-0.3, -0.25) is 0 Å². The summed E-state index contributed by atoms with van der Waals surface area (Å²) in [6, 6.07) is 29.7. The highest BCUT2D eigenvalue weighted by Gasteiger charge is 2.40. The van der Waals surface area contributed by atoms with Crippen molar-refractivity contribution in [3.8, 4) is 34.1 Å². The van der Waals surface area contributed by atoms with E-state index in [0.29, 0.717) is 5.94 Å². The normalized spacial score (nSPS) is 15.7. The van der Waals surface area contributed by atoms with Gasteiger partial charge in [0, 0.05) is 22.1 Å². The molecule has 4 nitrogen and oxygen atoms in total. The molecule has 2 heterocycles. The van der Waals surface area contributed by atoms with Crippen LogP contribution >= 0.6 is 11.8 Å². The van der Waals surface area contributed by atoms with Gasteiger partial charge in [-0.05, 0) is 83.0 Å². The van der Waals surface area contributed by atoms with E-state index < -0.39 is 5.60 Å². The van der Waals surface area contributed by atoms with Crippen molar-refractivity contribution in [2.75, 3.05) is 20.2 Å². The highest BCUT2D eigenvalue weighted by atomic mass is 32.2. The van der Waals surface area contributed by atoms with Crippen molar-refractivity contribution >= 4 is 28.6 Å². The minimum atomic E-state index is -0.831. The Morgan fingerprint density at radius 3 is 2.20 bits per heavy atom. The second-order valence-corrected chi connectivity index (χ2v) is 11.6. The molecule has 0 saturated carbocycles. The number of benzene rings is 5. The van der Waals surface area contributed by atoms with E-state index in [1.807, 2.05) is 24.3 Å². The zero-order chi connectivity index (χ0) is 27.6. The maximum Gasteiger partial charge on any atom is 0.178 e. The summed E-state index contributed by atoms with van der Waals surface area (Å²) in [5.41, 5.74) is 7.74. The van der Waals surface area contributed by atoms with E-state index in [0.717, 1.165) is 57.2 Å². The van der Waals surface area contributed by atoms with Crippen LogP contribution in [0, 0.1) is 0 Å². The van der Waals surface area contributed by atoms with E-state index in [4.69, 9.17) is 18.9 Å². The van der Waals surface area contributed by atoms with E-state index in [1.165, 1.54) is 33.2 Å². The highest BCUT2D eigenvalue weighted by Crippen LogP contribution is 2.53. The third-order valence-corrected chi connectivity index (χ3v) is 9.48. The van der Waals surface area contributed by atoms with Gasteiger partial charge in [-0.2, -0.15) is 0 Å². The van der Waals surface area contributed by atoms with E-state index >= 15 is 0 Å². The van der Waals surface area contributed by atoms with Crippen LogP contribution in [-0.4, -0.2) is 20.2 Å². The van der Waals surface area contributed by atoms with Gasteiger partial charge in [-0.25, -0.2) is 0 Å². The molecule has 5 aromatic carbocycles. The van der Waals surface area contributed by atoms with Gasteiger partial charge in [0.15, 0.2) is 5.60 Å². The fourth-order valence-electron chi connectivity index (χ4n) is 6.56. The lowest BCUT2D eigenvalue weighted by atomic mass is 9.77.